The topological polar surface area (TPSA) is 24.7 Å². The number of rotatable bonds is 7. The van der Waals surface area contributed by atoms with Gasteiger partial charge in [0.25, 0.3) is 0 Å². The largest absolute Gasteiger partial charge is 0.151 e. The van der Waals surface area contributed by atoms with Crippen LogP contribution in [0, 0.1) is 6.92 Å². The standard InChI is InChI=1S/C19H24N2/c1-3-4-5-6-7-17-10-14-19(15-11-17)21-20-18-12-8-16(2)9-13-18/h8-15H,3-7H2,1-2H3. The first-order chi connectivity index (χ1) is 10.3. The molecule has 0 fully saturated rings. The van der Waals surface area contributed by atoms with Crippen molar-refractivity contribution in [3.8, 4) is 0 Å². The minimum atomic E-state index is 0.893. The number of azo groups is 1. The highest BCUT2D eigenvalue weighted by Crippen LogP contribution is 2.19. The molecule has 0 aliphatic rings. The molecule has 0 amide bonds. The highest BCUT2D eigenvalue weighted by molar-refractivity contribution is 5.41. The van der Waals surface area contributed by atoms with Crippen molar-refractivity contribution < 1.29 is 0 Å². The van der Waals surface area contributed by atoms with Crippen LogP contribution in [-0.2, 0) is 6.42 Å². The van der Waals surface area contributed by atoms with Gasteiger partial charge in [-0.05, 0) is 49.6 Å². The summed E-state index contributed by atoms with van der Waals surface area (Å²) in [5.74, 6) is 0. The summed E-state index contributed by atoms with van der Waals surface area (Å²) >= 11 is 0. The van der Waals surface area contributed by atoms with Gasteiger partial charge in [0, 0.05) is 0 Å². The van der Waals surface area contributed by atoms with Gasteiger partial charge in [-0.25, -0.2) is 0 Å². The number of unbranched alkanes of at least 4 members (excludes halogenated alkanes) is 3. The van der Waals surface area contributed by atoms with Crippen LogP contribution in [0.15, 0.2) is 58.8 Å². The van der Waals surface area contributed by atoms with Crippen LogP contribution in [0.2, 0.25) is 0 Å². The van der Waals surface area contributed by atoms with Crippen molar-refractivity contribution in [3.63, 3.8) is 0 Å². The van der Waals surface area contributed by atoms with Gasteiger partial charge in [0.15, 0.2) is 0 Å². The molecule has 0 heterocycles. The molecular weight excluding hydrogens is 256 g/mol. The average Bonchev–Trinajstić information content (AvgIpc) is 2.52. The Morgan fingerprint density at radius 3 is 1.86 bits per heavy atom. The first kappa shape index (κ1) is 15.4. The van der Waals surface area contributed by atoms with Crippen molar-refractivity contribution in [2.75, 3.05) is 0 Å². The SMILES string of the molecule is CCCCCCc1ccc(N=Nc2ccc(C)cc2)cc1. The van der Waals surface area contributed by atoms with Crippen LogP contribution in [-0.4, -0.2) is 0 Å². The fourth-order valence-electron chi connectivity index (χ4n) is 2.21. The second-order valence-electron chi connectivity index (χ2n) is 5.51. The molecule has 2 nitrogen and oxygen atoms in total. The van der Waals surface area contributed by atoms with Crippen LogP contribution < -0.4 is 0 Å². The maximum atomic E-state index is 4.28. The third-order valence-corrected chi connectivity index (χ3v) is 3.57. The zero-order chi connectivity index (χ0) is 14.9. The minimum Gasteiger partial charge on any atom is -0.151 e. The summed E-state index contributed by atoms with van der Waals surface area (Å²) < 4.78 is 0. The molecule has 21 heavy (non-hydrogen) atoms. The molecular formula is C19H24N2. The fourth-order valence-corrected chi connectivity index (χ4v) is 2.21. The zero-order valence-corrected chi connectivity index (χ0v) is 13.0. The Morgan fingerprint density at radius 2 is 1.29 bits per heavy atom. The molecule has 0 aromatic heterocycles. The van der Waals surface area contributed by atoms with Crippen molar-refractivity contribution in [1.82, 2.24) is 0 Å². The molecule has 2 aromatic carbocycles. The van der Waals surface area contributed by atoms with E-state index in [0.717, 1.165) is 17.8 Å². The van der Waals surface area contributed by atoms with Gasteiger partial charge in [-0.3, -0.25) is 0 Å². The molecule has 0 spiro atoms. The van der Waals surface area contributed by atoms with Crippen molar-refractivity contribution in [1.29, 1.82) is 0 Å². The number of aryl methyl sites for hydroxylation is 2. The highest BCUT2D eigenvalue weighted by atomic mass is 15.1. The second-order valence-corrected chi connectivity index (χ2v) is 5.51. The van der Waals surface area contributed by atoms with E-state index in [2.05, 4.69) is 36.2 Å². The zero-order valence-electron chi connectivity index (χ0n) is 13.0. The minimum absolute atomic E-state index is 0.893. The summed E-state index contributed by atoms with van der Waals surface area (Å²) in [6.45, 7) is 4.31. The third-order valence-electron chi connectivity index (χ3n) is 3.57. The molecule has 0 saturated heterocycles. The van der Waals surface area contributed by atoms with Gasteiger partial charge < -0.3 is 0 Å². The molecule has 0 atom stereocenters. The van der Waals surface area contributed by atoms with E-state index in [1.165, 1.54) is 36.8 Å². The Balaban J connectivity index is 1.88. The predicted octanol–water partition coefficient (Wildman–Crippen LogP) is 6.53. The van der Waals surface area contributed by atoms with E-state index in [9.17, 15) is 0 Å². The van der Waals surface area contributed by atoms with E-state index in [-0.39, 0.29) is 0 Å². The lowest BCUT2D eigenvalue weighted by Crippen LogP contribution is -1.84. The van der Waals surface area contributed by atoms with Crippen LogP contribution in [0.4, 0.5) is 11.4 Å². The predicted molar refractivity (Wildman–Crippen MR) is 89.6 cm³/mol. The molecule has 110 valence electrons. The lowest BCUT2D eigenvalue weighted by molar-refractivity contribution is 0.667. The molecule has 0 aliphatic heterocycles. The molecule has 0 saturated carbocycles. The highest BCUT2D eigenvalue weighted by Gasteiger charge is 1.95. The first-order valence-corrected chi connectivity index (χ1v) is 7.85. The van der Waals surface area contributed by atoms with E-state index in [1.807, 2.05) is 36.4 Å². The molecule has 2 heteroatoms. The Bertz CT molecular complexity index is 553. The third kappa shape index (κ3) is 5.50. The molecule has 0 bridgehead atoms. The van der Waals surface area contributed by atoms with Crippen LogP contribution >= 0.6 is 0 Å². The molecule has 0 unspecified atom stereocenters. The van der Waals surface area contributed by atoms with E-state index in [4.69, 9.17) is 0 Å². The Hall–Kier alpha value is -1.96. The normalized spacial score (nSPS) is 11.1. The van der Waals surface area contributed by atoms with Crippen molar-refractivity contribution >= 4 is 11.4 Å². The maximum absolute atomic E-state index is 4.28. The number of hydrogen-bond donors (Lipinski definition) is 0. The van der Waals surface area contributed by atoms with Gasteiger partial charge >= 0.3 is 0 Å². The van der Waals surface area contributed by atoms with Gasteiger partial charge in [0.05, 0.1) is 11.4 Å². The average molecular weight is 280 g/mol. The van der Waals surface area contributed by atoms with E-state index >= 15 is 0 Å². The smallest absolute Gasteiger partial charge is 0.0857 e. The number of benzene rings is 2. The number of nitrogens with zero attached hydrogens (tertiary/aromatic N) is 2. The monoisotopic (exact) mass is 280 g/mol. The van der Waals surface area contributed by atoms with E-state index in [0.29, 0.717) is 0 Å². The summed E-state index contributed by atoms with van der Waals surface area (Å²) in [5.41, 5.74) is 4.43. The summed E-state index contributed by atoms with van der Waals surface area (Å²) in [7, 11) is 0. The Morgan fingerprint density at radius 1 is 0.714 bits per heavy atom. The van der Waals surface area contributed by atoms with Gasteiger partial charge in [0.2, 0.25) is 0 Å². The van der Waals surface area contributed by atoms with Crippen LogP contribution in [0.5, 0.6) is 0 Å². The molecule has 0 radical (unpaired) electrons. The lowest BCUT2D eigenvalue weighted by Gasteiger charge is -2.01. The summed E-state index contributed by atoms with van der Waals surface area (Å²) in [5, 5.41) is 8.54. The van der Waals surface area contributed by atoms with Gasteiger partial charge in [-0.2, -0.15) is 10.2 Å². The lowest BCUT2D eigenvalue weighted by atomic mass is 10.1. The van der Waals surface area contributed by atoms with Crippen LogP contribution in [0.25, 0.3) is 0 Å². The number of hydrogen-bond acceptors (Lipinski definition) is 2. The summed E-state index contributed by atoms with van der Waals surface area (Å²) in [6.07, 6.45) is 6.39. The van der Waals surface area contributed by atoms with Crippen LogP contribution in [0.1, 0.15) is 43.7 Å². The summed E-state index contributed by atoms with van der Waals surface area (Å²) in [6, 6.07) is 16.5. The van der Waals surface area contributed by atoms with Crippen molar-refractivity contribution in [2.24, 2.45) is 10.2 Å². The van der Waals surface area contributed by atoms with E-state index in [1.54, 1.807) is 0 Å². The van der Waals surface area contributed by atoms with Crippen molar-refractivity contribution in [2.45, 2.75) is 46.0 Å². The first-order valence-electron chi connectivity index (χ1n) is 7.85. The molecule has 2 rings (SSSR count). The van der Waals surface area contributed by atoms with Crippen LogP contribution in [0.3, 0.4) is 0 Å². The van der Waals surface area contributed by atoms with E-state index < -0.39 is 0 Å². The van der Waals surface area contributed by atoms with Gasteiger partial charge in [0.1, 0.15) is 0 Å². The Labute approximate surface area is 127 Å². The second kappa shape index (κ2) is 8.35. The quantitative estimate of drug-likeness (QED) is 0.406. The van der Waals surface area contributed by atoms with Gasteiger partial charge in [-0.1, -0.05) is 56.0 Å². The maximum Gasteiger partial charge on any atom is 0.0857 e. The molecule has 0 N–H and O–H groups in total. The molecule has 0 aliphatic carbocycles. The summed E-state index contributed by atoms with van der Waals surface area (Å²) in [4.78, 5) is 0. The fraction of sp³-hybridized carbons (Fsp3) is 0.368. The van der Waals surface area contributed by atoms with Crippen molar-refractivity contribution in [3.05, 3.63) is 59.7 Å². The van der Waals surface area contributed by atoms with Gasteiger partial charge in [-0.15, -0.1) is 0 Å². The molecule has 2 aromatic rings. The Kier molecular flexibility index (Phi) is 6.14.